The molecule has 0 bridgehead atoms. The highest BCUT2D eigenvalue weighted by Gasteiger charge is 2.30. The van der Waals surface area contributed by atoms with Crippen LogP contribution in [-0.4, -0.2) is 25.4 Å². The Morgan fingerprint density at radius 3 is 2.46 bits per heavy atom. The van der Waals surface area contributed by atoms with Crippen LogP contribution in [0.25, 0.3) is 5.69 Å². The minimum Gasteiger partial charge on any atom is -0.768 e. The maximum absolute atomic E-state index is 14.7. The Balaban J connectivity index is 1.80. The van der Waals surface area contributed by atoms with E-state index in [-0.39, 0.29) is 11.3 Å². The molecule has 0 aliphatic carbocycles. The van der Waals surface area contributed by atoms with Gasteiger partial charge in [-0.05, 0) is 65.2 Å². The van der Waals surface area contributed by atoms with Crippen molar-refractivity contribution in [3.8, 4) is 11.4 Å². The quantitative estimate of drug-likeness (QED) is 0.173. The molecule has 0 aliphatic heterocycles. The van der Waals surface area contributed by atoms with E-state index in [0.29, 0.717) is 27.3 Å². The van der Waals surface area contributed by atoms with Crippen molar-refractivity contribution in [1.82, 2.24) is 9.55 Å². The lowest BCUT2D eigenvalue weighted by Crippen LogP contribution is -2.23. The van der Waals surface area contributed by atoms with Crippen molar-refractivity contribution < 1.29 is 26.7 Å². The van der Waals surface area contributed by atoms with Crippen LogP contribution in [0.15, 0.2) is 70.8 Å². The van der Waals surface area contributed by atoms with Gasteiger partial charge in [0, 0.05) is 22.4 Å². The Labute approximate surface area is 223 Å². The predicted molar refractivity (Wildman–Crippen MR) is 137 cm³/mol. The van der Waals surface area contributed by atoms with Gasteiger partial charge in [0.2, 0.25) is 0 Å². The second kappa shape index (κ2) is 10.9. The Morgan fingerprint density at radius 2 is 1.81 bits per heavy atom. The molecule has 0 spiro atoms. The average Bonchev–Trinajstić information content (AvgIpc) is 3.29. The van der Waals surface area contributed by atoms with Crippen LogP contribution in [0.1, 0.15) is 30.7 Å². The lowest BCUT2D eigenvalue weighted by Gasteiger charge is -2.28. The highest BCUT2D eigenvalue weighted by atomic mass is 35.5. The van der Waals surface area contributed by atoms with E-state index in [1.54, 1.807) is 29.0 Å². The first-order valence-electron chi connectivity index (χ1n) is 10.9. The van der Waals surface area contributed by atoms with Crippen molar-refractivity contribution in [3.63, 3.8) is 0 Å². The molecule has 5 nitrogen and oxygen atoms in total. The van der Waals surface area contributed by atoms with Crippen molar-refractivity contribution in [2.24, 2.45) is 0 Å². The van der Waals surface area contributed by atoms with Crippen molar-refractivity contribution >= 4 is 34.4 Å². The summed E-state index contributed by atoms with van der Waals surface area (Å²) < 4.78 is 72.7. The summed E-state index contributed by atoms with van der Waals surface area (Å²) >= 11 is 4.38. The molecule has 0 N–H and O–H groups in total. The summed E-state index contributed by atoms with van der Waals surface area (Å²) in [7, 11) is 1.52. The van der Waals surface area contributed by atoms with Gasteiger partial charge in [0.25, 0.3) is 0 Å². The van der Waals surface area contributed by atoms with Crippen LogP contribution in [0.5, 0.6) is 5.75 Å². The van der Waals surface area contributed by atoms with E-state index in [4.69, 9.17) is 16.3 Å². The minimum atomic E-state index is -2.85. The Kier molecular flexibility index (Phi) is 8.03. The maximum Gasteiger partial charge on any atom is 0.173 e. The topological polar surface area (TPSA) is 67.2 Å². The monoisotopic (exact) mass is 565 g/mol. The van der Waals surface area contributed by atoms with Crippen LogP contribution in [0.3, 0.4) is 0 Å². The zero-order chi connectivity index (χ0) is 26.9. The fraction of sp³-hybridized carbons (Fsp3) is 0.192. The van der Waals surface area contributed by atoms with Crippen molar-refractivity contribution in [1.29, 1.82) is 0 Å². The van der Waals surface area contributed by atoms with Gasteiger partial charge in [-0.25, -0.2) is 18.2 Å². The number of halogens is 4. The molecule has 194 valence electrons. The largest absolute Gasteiger partial charge is 0.768 e. The van der Waals surface area contributed by atoms with Gasteiger partial charge in [0.05, 0.1) is 28.9 Å². The van der Waals surface area contributed by atoms with E-state index in [9.17, 15) is 21.9 Å². The standard InChI is InChI=1S/C26H22ClF3N2O3S2/c1-26(2,15-4-9-19(27)21(12-15)35-3)23-13-31-25(32(23)17-7-5-16(28)6-8-17)36-14-18-20(29)10-11-22(24(18)30)37(33)34/h4-13H,14H2,1-3H3,(H,33,34)/p-1. The Bertz CT molecular complexity index is 1480. The Hall–Kier alpha value is -2.79. The zero-order valence-electron chi connectivity index (χ0n) is 19.9. The number of methoxy groups -OCH3 is 1. The average molecular weight is 566 g/mol. The second-order valence-corrected chi connectivity index (χ2v) is 10.8. The molecule has 1 unspecified atom stereocenters. The number of nitrogens with zero attached hydrogens (tertiary/aromatic N) is 2. The van der Waals surface area contributed by atoms with Gasteiger partial charge >= 0.3 is 0 Å². The van der Waals surface area contributed by atoms with Gasteiger partial charge in [-0.1, -0.05) is 43.3 Å². The van der Waals surface area contributed by atoms with Gasteiger partial charge in [-0.3, -0.25) is 8.78 Å². The summed E-state index contributed by atoms with van der Waals surface area (Å²) in [6.45, 7) is 3.93. The third-order valence-corrected chi connectivity index (χ3v) is 7.97. The van der Waals surface area contributed by atoms with Gasteiger partial charge < -0.3 is 9.29 Å². The van der Waals surface area contributed by atoms with E-state index >= 15 is 0 Å². The van der Waals surface area contributed by atoms with Crippen LogP contribution in [0, 0.1) is 17.5 Å². The number of rotatable bonds is 8. The highest BCUT2D eigenvalue weighted by Crippen LogP contribution is 2.39. The number of thioether (sulfide) groups is 1. The molecule has 0 saturated heterocycles. The van der Waals surface area contributed by atoms with Crippen LogP contribution in [-0.2, 0) is 22.2 Å². The van der Waals surface area contributed by atoms with E-state index in [0.717, 1.165) is 29.5 Å². The fourth-order valence-electron chi connectivity index (χ4n) is 3.89. The summed E-state index contributed by atoms with van der Waals surface area (Å²) in [4.78, 5) is 3.89. The third kappa shape index (κ3) is 5.43. The number of hydrogen-bond donors (Lipinski definition) is 0. The van der Waals surface area contributed by atoms with Crippen molar-refractivity contribution in [2.75, 3.05) is 7.11 Å². The molecule has 3 aromatic carbocycles. The molecule has 37 heavy (non-hydrogen) atoms. The van der Waals surface area contributed by atoms with Crippen LogP contribution in [0.4, 0.5) is 13.2 Å². The molecule has 4 rings (SSSR count). The van der Waals surface area contributed by atoms with Gasteiger partial charge in [-0.15, -0.1) is 0 Å². The van der Waals surface area contributed by atoms with E-state index in [1.165, 1.54) is 19.2 Å². The van der Waals surface area contributed by atoms with Crippen LogP contribution in [0.2, 0.25) is 5.02 Å². The molecule has 11 heteroatoms. The first-order chi connectivity index (χ1) is 17.5. The van der Waals surface area contributed by atoms with Gasteiger partial charge in [0.1, 0.15) is 23.2 Å². The first kappa shape index (κ1) is 27.3. The fourth-order valence-corrected chi connectivity index (χ4v) is 5.53. The third-order valence-electron chi connectivity index (χ3n) is 6.00. The van der Waals surface area contributed by atoms with Crippen molar-refractivity contribution in [3.05, 3.63) is 100 Å². The molecular weight excluding hydrogens is 545 g/mol. The summed E-state index contributed by atoms with van der Waals surface area (Å²) in [5.74, 6) is -2.16. The molecule has 0 amide bonds. The zero-order valence-corrected chi connectivity index (χ0v) is 22.3. The molecule has 4 aromatic rings. The van der Waals surface area contributed by atoms with Gasteiger partial charge in [0.15, 0.2) is 5.16 Å². The van der Waals surface area contributed by atoms with E-state index < -0.39 is 38.8 Å². The highest BCUT2D eigenvalue weighted by molar-refractivity contribution is 7.98. The van der Waals surface area contributed by atoms with Crippen molar-refractivity contribution in [2.45, 2.75) is 35.1 Å². The Morgan fingerprint density at radius 1 is 1.11 bits per heavy atom. The number of benzene rings is 3. The van der Waals surface area contributed by atoms with Gasteiger partial charge in [-0.2, -0.15) is 0 Å². The summed E-state index contributed by atoms with van der Waals surface area (Å²) in [5, 5.41) is 0.832. The number of hydrogen-bond acceptors (Lipinski definition) is 5. The number of aromatic nitrogens is 2. The predicted octanol–water partition coefficient (Wildman–Crippen LogP) is 6.81. The van der Waals surface area contributed by atoms with E-state index in [1.807, 2.05) is 26.0 Å². The summed E-state index contributed by atoms with van der Waals surface area (Å²) in [5.41, 5.74) is 1.11. The van der Waals surface area contributed by atoms with E-state index in [2.05, 4.69) is 4.98 Å². The number of imidazole rings is 1. The maximum atomic E-state index is 14.7. The second-order valence-electron chi connectivity index (χ2n) is 8.57. The lowest BCUT2D eigenvalue weighted by atomic mass is 9.81. The molecule has 1 heterocycles. The molecule has 0 saturated carbocycles. The van der Waals surface area contributed by atoms with Crippen LogP contribution >= 0.6 is 23.4 Å². The minimum absolute atomic E-state index is 0.227. The molecule has 1 atom stereocenters. The number of ether oxygens (including phenoxy) is 1. The smallest absolute Gasteiger partial charge is 0.173 e. The molecular formula is C26H21ClF3N2O3S2-. The first-order valence-corrected chi connectivity index (χ1v) is 13.4. The SMILES string of the molecule is COc1cc(C(C)(C)c2cnc(SCc3c(F)ccc(S(=O)[O-])c3F)n2-c2ccc(F)cc2)ccc1Cl. The van der Waals surface area contributed by atoms with Crippen LogP contribution < -0.4 is 4.74 Å². The normalized spacial score (nSPS) is 12.5. The summed E-state index contributed by atoms with van der Waals surface area (Å²) in [6, 6.07) is 13.0. The lowest BCUT2D eigenvalue weighted by molar-refractivity contribution is 0.413. The molecule has 0 aliphatic rings. The molecule has 0 radical (unpaired) electrons. The molecule has 1 aromatic heterocycles. The summed E-state index contributed by atoms with van der Waals surface area (Å²) in [6.07, 6.45) is 1.64. The molecule has 0 fully saturated rings.